The van der Waals surface area contributed by atoms with Gasteiger partial charge in [0.25, 0.3) is 0 Å². The van der Waals surface area contributed by atoms with Crippen molar-refractivity contribution in [1.29, 1.82) is 0 Å². The van der Waals surface area contributed by atoms with Gasteiger partial charge in [0.1, 0.15) is 5.03 Å². The Labute approximate surface area is 192 Å². The highest BCUT2D eigenvalue weighted by Crippen LogP contribution is 2.29. The van der Waals surface area contributed by atoms with Crippen molar-refractivity contribution in [3.63, 3.8) is 0 Å². The van der Waals surface area contributed by atoms with Crippen LogP contribution in [-0.4, -0.2) is 26.2 Å². The number of aryl methyl sites for hydroxylation is 1. The molecule has 6 nitrogen and oxygen atoms in total. The Morgan fingerprint density at radius 3 is 2.75 bits per heavy atom. The van der Waals surface area contributed by atoms with E-state index >= 15 is 0 Å². The van der Waals surface area contributed by atoms with E-state index in [2.05, 4.69) is 34.3 Å². The molecule has 7 heteroatoms. The molecule has 3 aromatic rings. The number of unbranched alkanes of at least 4 members (excludes halogenated alkanes) is 1. The Morgan fingerprint density at radius 1 is 1.16 bits per heavy atom. The van der Waals surface area contributed by atoms with Crippen LogP contribution in [0.4, 0.5) is 5.69 Å². The molecule has 32 heavy (non-hydrogen) atoms. The molecule has 2 aromatic heterocycles. The van der Waals surface area contributed by atoms with Crippen LogP contribution >= 0.6 is 11.8 Å². The molecule has 2 heterocycles. The minimum atomic E-state index is -0.276. The van der Waals surface area contributed by atoms with Crippen molar-refractivity contribution in [3.05, 3.63) is 81.7 Å². The Hall–Kier alpha value is -2.93. The van der Waals surface area contributed by atoms with Gasteiger partial charge in [0.15, 0.2) is 0 Å². The Balaban J connectivity index is 1.41. The van der Waals surface area contributed by atoms with Crippen LogP contribution < -0.4 is 11.0 Å². The topological polar surface area (TPSA) is 76.9 Å². The second-order valence-corrected chi connectivity index (χ2v) is 8.99. The summed E-state index contributed by atoms with van der Waals surface area (Å²) >= 11 is 1.34. The average Bonchev–Trinajstić information content (AvgIpc) is 3.30. The molecule has 0 unspecified atom stereocenters. The number of thioether (sulfide) groups is 1. The number of benzene rings is 1. The number of rotatable bonds is 9. The summed E-state index contributed by atoms with van der Waals surface area (Å²) < 4.78 is 1.73. The second kappa shape index (κ2) is 10.6. The number of hydrogen-bond donors (Lipinski definition) is 1. The fourth-order valence-electron chi connectivity index (χ4n) is 3.99. The van der Waals surface area contributed by atoms with E-state index < -0.39 is 0 Å². The first-order valence-electron chi connectivity index (χ1n) is 11.2. The van der Waals surface area contributed by atoms with Crippen molar-refractivity contribution < 1.29 is 4.79 Å². The first-order chi connectivity index (χ1) is 15.6. The summed E-state index contributed by atoms with van der Waals surface area (Å²) in [7, 11) is 0. The van der Waals surface area contributed by atoms with Gasteiger partial charge in [0.2, 0.25) is 5.91 Å². The van der Waals surface area contributed by atoms with Gasteiger partial charge in [0, 0.05) is 23.1 Å². The zero-order valence-electron chi connectivity index (χ0n) is 18.3. The number of amides is 1. The van der Waals surface area contributed by atoms with E-state index in [0.29, 0.717) is 11.6 Å². The molecule has 0 aliphatic heterocycles. The summed E-state index contributed by atoms with van der Waals surface area (Å²) in [6, 6.07) is 13.7. The maximum Gasteiger partial charge on any atom is 0.349 e. The number of nitrogens with one attached hydrogen (secondary N) is 1. The highest BCUT2D eigenvalue weighted by Gasteiger charge is 2.22. The van der Waals surface area contributed by atoms with E-state index in [1.807, 2.05) is 30.3 Å². The second-order valence-electron chi connectivity index (χ2n) is 8.02. The van der Waals surface area contributed by atoms with Crippen LogP contribution in [0.5, 0.6) is 0 Å². The highest BCUT2D eigenvalue weighted by atomic mass is 32.2. The van der Waals surface area contributed by atoms with Crippen molar-refractivity contribution in [2.75, 3.05) is 11.1 Å². The van der Waals surface area contributed by atoms with E-state index in [1.165, 1.54) is 30.2 Å². The molecule has 0 saturated heterocycles. The Bertz CT molecular complexity index is 1130. The summed E-state index contributed by atoms with van der Waals surface area (Å²) in [5.74, 6) is 0.128. The van der Waals surface area contributed by atoms with Gasteiger partial charge in [-0.15, -0.1) is 0 Å². The largest absolute Gasteiger partial charge is 0.349 e. The predicted molar refractivity (Wildman–Crippen MR) is 128 cm³/mol. The quantitative estimate of drug-likeness (QED) is 0.391. The maximum absolute atomic E-state index is 12.8. The zero-order chi connectivity index (χ0) is 22.3. The Kier molecular flexibility index (Phi) is 7.37. The summed E-state index contributed by atoms with van der Waals surface area (Å²) in [6.45, 7) is 2.60. The van der Waals surface area contributed by atoms with Crippen LogP contribution in [0.3, 0.4) is 0 Å². The van der Waals surface area contributed by atoms with Gasteiger partial charge in [-0.3, -0.25) is 14.3 Å². The average molecular weight is 449 g/mol. The van der Waals surface area contributed by atoms with E-state index in [1.54, 1.807) is 10.8 Å². The van der Waals surface area contributed by atoms with Crippen molar-refractivity contribution >= 4 is 23.4 Å². The molecule has 1 N–H and O–H groups in total. The molecule has 4 rings (SSSR count). The molecule has 0 fully saturated rings. The van der Waals surface area contributed by atoms with Crippen LogP contribution in [0.15, 0.2) is 58.5 Å². The lowest BCUT2D eigenvalue weighted by atomic mass is 10.1. The number of carbonyl (C=O) groups is 1. The van der Waals surface area contributed by atoms with Crippen LogP contribution in [0, 0.1) is 0 Å². The van der Waals surface area contributed by atoms with Crippen LogP contribution in [0.25, 0.3) is 0 Å². The van der Waals surface area contributed by atoms with Crippen LogP contribution in [0.2, 0.25) is 0 Å². The van der Waals surface area contributed by atoms with E-state index in [-0.39, 0.29) is 17.3 Å². The van der Waals surface area contributed by atoms with Gasteiger partial charge in [-0.05, 0) is 61.9 Å². The molecule has 1 aliphatic carbocycles. The van der Waals surface area contributed by atoms with Gasteiger partial charge in [0.05, 0.1) is 18.0 Å². The molecule has 166 valence electrons. The smallest absolute Gasteiger partial charge is 0.325 e. The zero-order valence-corrected chi connectivity index (χ0v) is 19.2. The van der Waals surface area contributed by atoms with Gasteiger partial charge in [-0.25, -0.2) is 4.79 Å². The van der Waals surface area contributed by atoms with Crippen molar-refractivity contribution in [3.8, 4) is 0 Å². The van der Waals surface area contributed by atoms with Crippen molar-refractivity contribution in [2.24, 2.45) is 0 Å². The normalized spacial score (nSPS) is 12.5. The molecule has 0 saturated carbocycles. The predicted octanol–water partition coefficient (Wildman–Crippen LogP) is 4.25. The van der Waals surface area contributed by atoms with Gasteiger partial charge >= 0.3 is 5.69 Å². The minimum absolute atomic E-state index is 0.0949. The van der Waals surface area contributed by atoms with Crippen molar-refractivity contribution in [2.45, 2.75) is 57.0 Å². The number of aromatic nitrogens is 3. The summed E-state index contributed by atoms with van der Waals surface area (Å²) in [5, 5.41) is 3.63. The number of pyridine rings is 1. The lowest BCUT2D eigenvalue weighted by Gasteiger charge is -2.14. The first kappa shape index (κ1) is 22.3. The third kappa shape index (κ3) is 5.46. The van der Waals surface area contributed by atoms with Gasteiger partial charge in [-0.1, -0.05) is 43.3 Å². The molecule has 0 spiro atoms. The van der Waals surface area contributed by atoms with Crippen LogP contribution in [-0.2, 0) is 30.6 Å². The molecular weight excluding hydrogens is 420 g/mol. The third-order valence-electron chi connectivity index (χ3n) is 5.64. The van der Waals surface area contributed by atoms with Crippen LogP contribution in [0.1, 0.15) is 48.7 Å². The SMILES string of the molecule is CCCCc1ccc(NC(=O)CSc2nc(=O)n(Cc3ccccn3)c3c2CCC3)cc1. The molecular formula is C25H28N4O2S. The van der Waals surface area contributed by atoms with Gasteiger partial charge < -0.3 is 5.32 Å². The summed E-state index contributed by atoms with van der Waals surface area (Å²) in [6.07, 6.45) is 7.85. The molecule has 0 atom stereocenters. The summed E-state index contributed by atoms with van der Waals surface area (Å²) in [5.41, 5.74) is 4.76. The standard InChI is InChI=1S/C25H28N4O2S/c1-2-3-7-18-11-13-19(14-12-18)27-23(30)17-32-24-21-9-6-10-22(21)29(25(31)28-24)16-20-8-4-5-15-26-20/h4-5,8,11-15H,2-3,6-7,9-10,16-17H2,1H3,(H,27,30). The van der Waals surface area contributed by atoms with E-state index in [4.69, 9.17) is 0 Å². The number of nitrogens with zero attached hydrogens (tertiary/aromatic N) is 3. The number of hydrogen-bond acceptors (Lipinski definition) is 5. The number of anilines is 1. The maximum atomic E-state index is 12.8. The lowest BCUT2D eigenvalue weighted by molar-refractivity contribution is -0.113. The van der Waals surface area contributed by atoms with Gasteiger partial charge in [-0.2, -0.15) is 4.98 Å². The number of fused-ring (bicyclic) bond motifs is 1. The molecule has 0 radical (unpaired) electrons. The third-order valence-corrected chi connectivity index (χ3v) is 6.66. The Morgan fingerprint density at radius 2 is 2.00 bits per heavy atom. The fourth-order valence-corrected chi connectivity index (χ4v) is 4.87. The fraction of sp³-hybridized carbons (Fsp3) is 0.360. The molecule has 1 aliphatic rings. The monoisotopic (exact) mass is 448 g/mol. The minimum Gasteiger partial charge on any atom is -0.325 e. The van der Waals surface area contributed by atoms with E-state index in [9.17, 15) is 9.59 Å². The molecule has 0 bridgehead atoms. The first-order valence-corrected chi connectivity index (χ1v) is 12.2. The van der Waals surface area contributed by atoms with Crippen molar-refractivity contribution in [1.82, 2.24) is 14.5 Å². The molecule has 1 aromatic carbocycles. The highest BCUT2D eigenvalue weighted by molar-refractivity contribution is 8.00. The number of carbonyl (C=O) groups excluding carboxylic acids is 1. The lowest BCUT2D eigenvalue weighted by Crippen LogP contribution is -2.28. The van der Waals surface area contributed by atoms with E-state index in [0.717, 1.165) is 48.3 Å². The molecule has 1 amide bonds. The summed E-state index contributed by atoms with van der Waals surface area (Å²) in [4.78, 5) is 33.9.